The Labute approximate surface area is 88.7 Å². The van der Waals surface area contributed by atoms with Crippen molar-refractivity contribution in [2.45, 2.75) is 12.1 Å². The predicted octanol–water partition coefficient (Wildman–Crippen LogP) is 0.289. The van der Waals surface area contributed by atoms with Gasteiger partial charge in [0.15, 0.2) is 6.10 Å². The van der Waals surface area contributed by atoms with Crippen molar-refractivity contribution in [1.82, 2.24) is 4.98 Å². The molecule has 0 amide bonds. The second kappa shape index (κ2) is 4.50. The van der Waals surface area contributed by atoms with Crippen LogP contribution in [0.25, 0.3) is 0 Å². The van der Waals surface area contributed by atoms with Crippen molar-refractivity contribution in [1.29, 1.82) is 0 Å². The van der Waals surface area contributed by atoms with Crippen LogP contribution in [0.5, 0.6) is 0 Å². The van der Waals surface area contributed by atoms with Gasteiger partial charge in [-0.25, -0.2) is 4.79 Å². The summed E-state index contributed by atoms with van der Waals surface area (Å²) in [5.41, 5.74) is 6.00. The van der Waals surface area contributed by atoms with E-state index in [0.29, 0.717) is 10.0 Å². The van der Waals surface area contributed by atoms with E-state index in [1.807, 2.05) is 0 Å². The van der Waals surface area contributed by atoms with Crippen LogP contribution >= 0.6 is 15.9 Å². The molecule has 0 saturated carbocycles. The van der Waals surface area contributed by atoms with Crippen molar-refractivity contribution >= 4 is 21.9 Å². The number of aromatic nitrogens is 1. The van der Waals surface area contributed by atoms with Gasteiger partial charge in [0, 0.05) is 22.4 Å². The number of hydrogen-bond donors (Lipinski definition) is 3. The smallest absolute Gasteiger partial charge is 0.334 e. The Morgan fingerprint density at radius 3 is 2.79 bits per heavy atom. The SMILES string of the molecule is N[C@@H](c1cnccc1Br)[C@@H](O)C(=O)O. The van der Waals surface area contributed by atoms with Crippen molar-refractivity contribution < 1.29 is 15.0 Å². The van der Waals surface area contributed by atoms with E-state index in [4.69, 9.17) is 10.8 Å². The lowest BCUT2D eigenvalue weighted by molar-refractivity contribution is -0.147. The number of aliphatic hydroxyl groups excluding tert-OH is 1. The Kier molecular flexibility index (Phi) is 3.56. The molecule has 5 nitrogen and oxygen atoms in total. The predicted molar refractivity (Wildman–Crippen MR) is 52.5 cm³/mol. The molecule has 4 N–H and O–H groups in total. The second-order valence-corrected chi connectivity index (χ2v) is 3.56. The average Bonchev–Trinajstić information content (AvgIpc) is 2.16. The molecule has 0 saturated heterocycles. The fourth-order valence-electron chi connectivity index (χ4n) is 0.959. The van der Waals surface area contributed by atoms with Gasteiger partial charge in [0.2, 0.25) is 0 Å². The molecular weight excluding hydrogens is 252 g/mol. The summed E-state index contributed by atoms with van der Waals surface area (Å²) >= 11 is 3.19. The summed E-state index contributed by atoms with van der Waals surface area (Å²) in [5, 5.41) is 17.7. The molecule has 1 aromatic rings. The molecule has 0 aliphatic heterocycles. The van der Waals surface area contributed by atoms with Crippen LogP contribution in [0.2, 0.25) is 0 Å². The summed E-state index contributed by atoms with van der Waals surface area (Å²) in [6.07, 6.45) is 1.32. The Balaban J connectivity index is 2.94. The standard InChI is InChI=1S/C8H9BrN2O3/c9-5-1-2-11-3-4(5)6(10)7(12)8(13)14/h1-3,6-7,12H,10H2,(H,13,14)/t6-,7+/m0/s1. The molecule has 0 aromatic carbocycles. The summed E-state index contributed by atoms with van der Waals surface area (Å²) in [7, 11) is 0. The lowest BCUT2D eigenvalue weighted by atomic mass is 10.0. The number of carboxylic acid groups (broad SMARTS) is 1. The van der Waals surface area contributed by atoms with Gasteiger partial charge >= 0.3 is 5.97 Å². The monoisotopic (exact) mass is 260 g/mol. The Morgan fingerprint density at radius 1 is 1.64 bits per heavy atom. The number of carboxylic acids is 1. The molecule has 14 heavy (non-hydrogen) atoms. The Morgan fingerprint density at radius 2 is 2.29 bits per heavy atom. The number of nitrogens with two attached hydrogens (primary N) is 1. The molecule has 2 atom stereocenters. The van der Waals surface area contributed by atoms with Gasteiger partial charge in [-0.2, -0.15) is 0 Å². The maximum absolute atomic E-state index is 10.5. The van der Waals surface area contributed by atoms with Gasteiger partial charge in [0.25, 0.3) is 0 Å². The second-order valence-electron chi connectivity index (χ2n) is 2.71. The number of nitrogens with zero attached hydrogens (tertiary/aromatic N) is 1. The minimum absolute atomic E-state index is 0.461. The molecular formula is C8H9BrN2O3. The van der Waals surface area contributed by atoms with Crippen LogP contribution in [-0.4, -0.2) is 27.3 Å². The van der Waals surface area contributed by atoms with Gasteiger partial charge in [0.05, 0.1) is 6.04 Å². The topological polar surface area (TPSA) is 96.4 Å². The minimum atomic E-state index is -1.63. The van der Waals surface area contributed by atoms with Gasteiger partial charge in [-0.05, 0) is 6.07 Å². The van der Waals surface area contributed by atoms with E-state index < -0.39 is 18.1 Å². The van der Waals surface area contributed by atoms with Crippen LogP contribution in [0.1, 0.15) is 11.6 Å². The van der Waals surface area contributed by atoms with Crippen molar-refractivity contribution in [2.75, 3.05) is 0 Å². The van der Waals surface area contributed by atoms with Crippen molar-refractivity contribution in [3.8, 4) is 0 Å². The third-order valence-corrected chi connectivity index (χ3v) is 2.47. The first-order valence-electron chi connectivity index (χ1n) is 3.80. The molecule has 1 heterocycles. The van der Waals surface area contributed by atoms with Crippen LogP contribution < -0.4 is 5.73 Å². The maximum atomic E-state index is 10.5. The van der Waals surface area contributed by atoms with Crippen molar-refractivity contribution in [3.63, 3.8) is 0 Å². The fraction of sp³-hybridized carbons (Fsp3) is 0.250. The number of aliphatic carboxylic acids is 1. The third kappa shape index (κ3) is 2.28. The molecule has 0 radical (unpaired) electrons. The Hall–Kier alpha value is -0.980. The number of hydrogen-bond acceptors (Lipinski definition) is 4. The molecule has 0 fully saturated rings. The fourth-order valence-corrected chi connectivity index (χ4v) is 1.44. The van der Waals surface area contributed by atoms with Gasteiger partial charge in [-0.3, -0.25) is 4.98 Å². The summed E-state index contributed by atoms with van der Waals surface area (Å²) in [4.78, 5) is 14.3. The molecule has 0 aliphatic rings. The summed E-state index contributed by atoms with van der Waals surface area (Å²) in [6.45, 7) is 0. The zero-order valence-electron chi connectivity index (χ0n) is 7.09. The first kappa shape index (κ1) is 11.1. The molecule has 0 unspecified atom stereocenters. The summed E-state index contributed by atoms with van der Waals surface area (Å²) in [6, 6.07) is 0.639. The van der Waals surface area contributed by atoms with E-state index >= 15 is 0 Å². The third-order valence-electron chi connectivity index (χ3n) is 1.75. The zero-order valence-corrected chi connectivity index (χ0v) is 8.68. The quantitative estimate of drug-likeness (QED) is 0.726. The molecule has 1 aromatic heterocycles. The maximum Gasteiger partial charge on any atom is 0.334 e. The van der Waals surface area contributed by atoms with E-state index in [1.54, 1.807) is 6.07 Å². The lowest BCUT2D eigenvalue weighted by Crippen LogP contribution is -2.33. The van der Waals surface area contributed by atoms with Gasteiger partial charge in [-0.1, -0.05) is 15.9 Å². The lowest BCUT2D eigenvalue weighted by Gasteiger charge is -2.15. The van der Waals surface area contributed by atoms with Crippen LogP contribution in [0, 0.1) is 0 Å². The summed E-state index contributed by atoms with van der Waals surface area (Å²) < 4.78 is 0.625. The van der Waals surface area contributed by atoms with Crippen molar-refractivity contribution in [3.05, 3.63) is 28.5 Å². The highest BCUT2D eigenvalue weighted by Gasteiger charge is 2.25. The highest BCUT2D eigenvalue weighted by molar-refractivity contribution is 9.10. The first-order chi connectivity index (χ1) is 6.54. The molecule has 0 bridgehead atoms. The first-order valence-corrected chi connectivity index (χ1v) is 4.59. The Bertz CT molecular complexity index is 345. The van der Waals surface area contributed by atoms with Gasteiger partial charge < -0.3 is 15.9 Å². The molecule has 76 valence electrons. The largest absolute Gasteiger partial charge is 0.479 e. The number of carbonyl (C=O) groups is 1. The summed E-state index contributed by atoms with van der Waals surface area (Å²) in [5.74, 6) is -1.35. The van der Waals surface area contributed by atoms with Crippen LogP contribution in [0.3, 0.4) is 0 Å². The van der Waals surface area contributed by atoms with Crippen LogP contribution in [-0.2, 0) is 4.79 Å². The van der Waals surface area contributed by atoms with E-state index in [-0.39, 0.29) is 0 Å². The van der Waals surface area contributed by atoms with E-state index in [9.17, 15) is 9.90 Å². The van der Waals surface area contributed by atoms with E-state index in [0.717, 1.165) is 0 Å². The highest BCUT2D eigenvalue weighted by atomic mass is 79.9. The van der Waals surface area contributed by atoms with Crippen LogP contribution in [0.4, 0.5) is 0 Å². The van der Waals surface area contributed by atoms with E-state index in [1.165, 1.54) is 12.4 Å². The molecule has 0 aliphatic carbocycles. The van der Waals surface area contributed by atoms with Crippen molar-refractivity contribution in [2.24, 2.45) is 5.73 Å². The number of aliphatic hydroxyl groups is 1. The minimum Gasteiger partial charge on any atom is -0.479 e. The van der Waals surface area contributed by atoms with E-state index in [2.05, 4.69) is 20.9 Å². The number of pyridine rings is 1. The molecule has 6 heteroatoms. The van der Waals surface area contributed by atoms with Crippen LogP contribution in [0.15, 0.2) is 22.9 Å². The average molecular weight is 261 g/mol. The number of rotatable bonds is 3. The molecule has 0 spiro atoms. The normalized spacial score (nSPS) is 14.8. The zero-order chi connectivity index (χ0) is 10.7. The number of halogens is 1. The molecule has 1 rings (SSSR count). The van der Waals surface area contributed by atoms with Gasteiger partial charge in [0.1, 0.15) is 0 Å². The van der Waals surface area contributed by atoms with Gasteiger partial charge in [-0.15, -0.1) is 0 Å². The highest BCUT2D eigenvalue weighted by Crippen LogP contribution is 2.22.